The van der Waals surface area contributed by atoms with Gasteiger partial charge in [0, 0.05) is 11.1 Å². The van der Waals surface area contributed by atoms with Gasteiger partial charge in [0.2, 0.25) is 0 Å². The second kappa shape index (κ2) is 6.67. The molecule has 1 aliphatic rings. The van der Waals surface area contributed by atoms with Gasteiger partial charge in [0.25, 0.3) is 5.56 Å². The van der Waals surface area contributed by atoms with E-state index in [-0.39, 0.29) is 17.1 Å². The maximum absolute atomic E-state index is 13.0. The maximum Gasteiger partial charge on any atom is 0.283 e. The summed E-state index contributed by atoms with van der Waals surface area (Å²) in [7, 11) is 0. The van der Waals surface area contributed by atoms with Crippen LogP contribution < -0.4 is 5.56 Å². The fourth-order valence-electron chi connectivity index (χ4n) is 4.12. The van der Waals surface area contributed by atoms with E-state index in [1.807, 2.05) is 31.2 Å². The van der Waals surface area contributed by atoms with Crippen molar-refractivity contribution in [2.75, 3.05) is 0 Å². The fraction of sp³-hybridized carbons (Fsp3) is 0.350. The number of aryl methyl sites for hydroxylation is 1. The van der Waals surface area contributed by atoms with Gasteiger partial charge in [-0.1, -0.05) is 43.0 Å². The van der Waals surface area contributed by atoms with Crippen molar-refractivity contribution in [3.63, 3.8) is 0 Å². The Kier molecular flexibility index (Phi) is 4.12. The van der Waals surface area contributed by atoms with Crippen molar-refractivity contribution in [2.24, 2.45) is 0 Å². The zero-order valence-corrected chi connectivity index (χ0v) is 16.2. The second-order valence-electron chi connectivity index (χ2n) is 7.32. The van der Waals surface area contributed by atoms with Crippen LogP contribution >= 0.6 is 11.6 Å². The zero-order chi connectivity index (χ0) is 19.3. The van der Waals surface area contributed by atoms with Gasteiger partial charge in [0.15, 0.2) is 16.8 Å². The van der Waals surface area contributed by atoms with E-state index in [1.165, 1.54) is 6.42 Å². The summed E-state index contributed by atoms with van der Waals surface area (Å²) in [5, 5.41) is 13.8. The average molecular weight is 395 g/mol. The Labute approximate surface area is 166 Å². The van der Waals surface area contributed by atoms with Gasteiger partial charge in [0.1, 0.15) is 6.33 Å². The van der Waals surface area contributed by atoms with Crippen LogP contribution in [0.2, 0.25) is 5.02 Å². The molecule has 0 radical (unpaired) electrons. The highest BCUT2D eigenvalue weighted by Gasteiger charge is 2.21. The molecule has 0 N–H and O–H groups in total. The van der Waals surface area contributed by atoms with Crippen LogP contribution in [-0.2, 0) is 0 Å². The van der Waals surface area contributed by atoms with E-state index in [0.717, 1.165) is 42.5 Å². The van der Waals surface area contributed by atoms with E-state index in [0.29, 0.717) is 16.3 Å². The molecule has 3 aromatic heterocycles. The molecule has 8 heteroatoms. The fourth-order valence-corrected chi connectivity index (χ4v) is 4.24. The van der Waals surface area contributed by atoms with Crippen LogP contribution in [0.15, 0.2) is 35.4 Å². The van der Waals surface area contributed by atoms with E-state index in [4.69, 9.17) is 11.6 Å². The number of benzene rings is 1. The lowest BCUT2D eigenvalue weighted by atomic mass is 9.95. The van der Waals surface area contributed by atoms with Crippen molar-refractivity contribution in [2.45, 2.75) is 45.1 Å². The molecule has 0 aliphatic heterocycles. The Morgan fingerprint density at radius 2 is 1.79 bits per heavy atom. The molecular formula is C20H19ClN6O. The summed E-state index contributed by atoms with van der Waals surface area (Å²) in [4.78, 5) is 17.6. The standard InChI is InChI=1S/C20H19ClN6O/c1-12-16(13-7-9-14(21)10-8-13)18-24-23-17-19(27(18)25-12)22-11-26(20(17)28)15-5-3-2-4-6-15/h7-11,15H,2-6H2,1H3. The third-order valence-electron chi connectivity index (χ3n) is 5.54. The summed E-state index contributed by atoms with van der Waals surface area (Å²) in [6.07, 6.45) is 7.16. The number of aromatic nitrogens is 6. The van der Waals surface area contributed by atoms with Crippen molar-refractivity contribution in [1.82, 2.24) is 29.4 Å². The monoisotopic (exact) mass is 394 g/mol. The minimum absolute atomic E-state index is 0.146. The smallest absolute Gasteiger partial charge is 0.283 e. The molecule has 1 aromatic carbocycles. The van der Waals surface area contributed by atoms with Gasteiger partial charge < -0.3 is 0 Å². The second-order valence-corrected chi connectivity index (χ2v) is 7.76. The van der Waals surface area contributed by atoms with Crippen molar-refractivity contribution in [1.29, 1.82) is 0 Å². The maximum atomic E-state index is 13.0. The number of rotatable bonds is 2. The van der Waals surface area contributed by atoms with Crippen molar-refractivity contribution < 1.29 is 0 Å². The van der Waals surface area contributed by atoms with Crippen LogP contribution in [-0.4, -0.2) is 29.4 Å². The van der Waals surface area contributed by atoms with Gasteiger partial charge in [-0.2, -0.15) is 9.61 Å². The Bertz CT molecular complexity index is 1240. The van der Waals surface area contributed by atoms with E-state index in [9.17, 15) is 4.79 Å². The lowest BCUT2D eigenvalue weighted by Crippen LogP contribution is -2.28. The Hall–Kier alpha value is -2.80. The Morgan fingerprint density at radius 1 is 1.04 bits per heavy atom. The van der Waals surface area contributed by atoms with Gasteiger partial charge >= 0.3 is 0 Å². The minimum Gasteiger partial charge on any atom is -0.294 e. The third-order valence-corrected chi connectivity index (χ3v) is 5.79. The normalized spacial score (nSPS) is 15.5. The number of fused-ring (bicyclic) bond motifs is 3. The van der Waals surface area contributed by atoms with Crippen LogP contribution in [0.5, 0.6) is 0 Å². The van der Waals surface area contributed by atoms with Crippen LogP contribution in [0.25, 0.3) is 27.9 Å². The number of hydrogen-bond acceptors (Lipinski definition) is 5. The summed E-state index contributed by atoms with van der Waals surface area (Å²) in [5.41, 5.74) is 3.73. The van der Waals surface area contributed by atoms with Gasteiger partial charge in [-0.15, -0.1) is 10.2 Å². The molecule has 0 saturated heterocycles. The first kappa shape index (κ1) is 17.3. The Balaban J connectivity index is 1.70. The first-order valence-electron chi connectivity index (χ1n) is 9.52. The SMILES string of the molecule is Cc1nn2c(nnc3c(=O)n(C4CCCCC4)cnc32)c1-c1ccc(Cl)cc1. The van der Waals surface area contributed by atoms with Gasteiger partial charge in [-0.25, -0.2) is 4.98 Å². The first-order valence-corrected chi connectivity index (χ1v) is 9.90. The quantitative estimate of drug-likeness (QED) is 0.514. The highest BCUT2D eigenvalue weighted by molar-refractivity contribution is 6.30. The van der Waals surface area contributed by atoms with Crippen LogP contribution in [0, 0.1) is 6.92 Å². The summed E-state index contributed by atoms with van der Waals surface area (Å²) < 4.78 is 3.34. The molecular weight excluding hydrogens is 376 g/mol. The molecule has 4 aromatic rings. The van der Waals surface area contributed by atoms with Crippen LogP contribution in [0.3, 0.4) is 0 Å². The van der Waals surface area contributed by atoms with E-state index in [1.54, 1.807) is 15.4 Å². The number of halogens is 1. The highest BCUT2D eigenvalue weighted by atomic mass is 35.5. The summed E-state index contributed by atoms with van der Waals surface area (Å²) in [5.74, 6) is 0. The van der Waals surface area contributed by atoms with Crippen molar-refractivity contribution in [3.8, 4) is 11.1 Å². The van der Waals surface area contributed by atoms with Crippen LogP contribution in [0.1, 0.15) is 43.8 Å². The van der Waals surface area contributed by atoms with Crippen molar-refractivity contribution in [3.05, 3.63) is 51.7 Å². The van der Waals surface area contributed by atoms with E-state index < -0.39 is 0 Å². The van der Waals surface area contributed by atoms with Crippen LogP contribution in [0.4, 0.5) is 0 Å². The molecule has 5 rings (SSSR count). The molecule has 7 nitrogen and oxygen atoms in total. The first-order chi connectivity index (χ1) is 13.6. The topological polar surface area (TPSA) is 78.0 Å². The molecule has 0 atom stereocenters. The third kappa shape index (κ3) is 2.69. The molecule has 0 unspecified atom stereocenters. The molecule has 1 aliphatic carbocycles. The number of nitrogens with zero attached hydrogens (tertiary/aromatic N) is 6. The summed E-state index contributed by atoms with van der Waals surface area (Å²) >= 11 is 6.01. The summed E-state index contributed by atoms with van der Waals surface area (Å²) in [6.45, 7) is 1.91. The minimum atomic E-state index is -0.146. The predicted molar refractivity (Wildman–Crippen MR) is 108 cm³/mol. The van der Waals surface area contributed by atoms with Gasteiger partial charge in [-0.05, 0) is 37.5 Å². The predicted octanol–water partition coefficient (Wildman–Crippen LogP) is 3.97. The molecule has 0 amide bonds. The van der Waals surface area contributed by atoms with Crippen molar-refractivity contribution >= 4 is 28.4 Å². The molecule has 142 valence electrons. The zero-order valence-electron chi connectivity index (χ0n) is 15.5. The lowest BCUT2D eigenvalue weighted by molar-refractivity contribution is 0.344. The van der Waals surface area contributed by atoms with E-state index >= 15 is 0 Å². The molecule has 0 bridgehead atoms. The average Bonchev–Trinajstić information content (AvgIpc) is 3.06. The lowest BCUT2D eigenvalue weighted by Gasteiger charge is -2.23. The number of hydrogen-bond donors (Lipinski definition) is 0. The molecule has 1 saturated carbocycles. The summed E-state index contributed by atoms with van der Waals surface area (Å²) in [6, 6.07) is 7.70. The molecule has 28 heavy (non-hydrogen) atoms. The van der Waals surface area contributed by atoms with Gasteiger partial charge in [-0.3, -0.25) is 9.36 Å². The van der Waals surface area contributed by atoms with Gasteiger partial charge in [0.05, 0.1) is 11.3 Å². The highest BCUT2D eigenvalue weighted by Crippen LogP contribution is 2.29. The Morgan fingerprint density at radius 3 is 2.54 bits per heavy atom. The molecule has 0 spiro atoms. The largest absolute Gasteiger partial charge is 0.294 e. The van der Waals surface area contributed by atoms with E-state index in [2.05, 4.69) is 20.3 Å². The molecule has 3 heterocycles. The molecule has 1 fully saturated rings.